The number of amides is 1. The van der Waals surface area contributed by atoms with Crippen LogP contribution in [0.25, 0.3) is 0 Å². The molecule has 18 heavy (non-hydrogen) atoms. The molecule has 0 aliphatic heterocycles. The highest BCUT2D eigenvalue weighted by Gasteiger charge is 2.07. The molecule has 0 aromatic carbocycles. The van der Waals surface area contributed by atoms with Crippen molar-refractivity contribution in [2.45, 2.75) is 13.3 Å². The van der Waals surface area contributed by atoms with Crippen LogP contribution in [0.5, 0.6) is 0 Å². The molecule has 0 saturated carbocycles. The van der Waals surface area contributed by atoms with Crippen LogP contribution >= 0.6 is 0 Å². The molecule has 0 atom stereocenters. The van der Waals surface area contributed by atoms with Crippen LogP contribution in [0.15, 0.2) is 12.4 Å². The van der Waals surface area contributed by atoms with Gasteiger partial charge in [-0.05, 0) is 20.5 Å². The fourth-order valence-corrected chi connectivity index (χ4v) is 1.31. The van der Waals surface area contributed by atoms with Crippen LogP contribution in [0.3, 0.4) is 0 Å². The lowest BCUT2D eigenvalue weighted by Crippen LogP contribution is -2.31. The zero-order valence-corrected chi connectivity index (χ0v) is 11.2. The minimum atomic E-state index is -0.168. The molecule has 0 fully saturated rings. The van der Waals surface area contributed by atoms with E-state index in [1.54, 1.807) is 6.07 Å². The number of nitrogens with one attached hydrogen (secondary N) is 2. The van der Waals surface area contributed by atoms with E-state index in [1.807, 2.05) is 19.0 Å². The van der Waals surface area contributed by atoms with Gasteiger partial charge in [0.05, 0.1) is 0 Å². The predicted molar refractivity (Wildman–Crippen MR) is 71.7 cm³/mol. The van der Waals surface area contributed by atoms with E-state index in [1.165, 1.54) is 6.33 Å². The van der Waals surface area contributed by atoms with Crippen LogP contribution in [-0.4, -0.2) is 54.5 Å². The van der Waals surface area contributed by atoms with E-state index in [4.69, 9.17) is 0 Å². The molecule has 1 heterocycles. The highest BCUT2D eigenvalue weighted by molar-refractivity contribution is 5.92. The second kappa shape index (κ2) is 7.60. The minimum Gasteiger partial charge on any atom is -0.370 e. The second-order valence-electron chi connectivity index (χ2n) is 4.27. The Morgan fingerprint density at radius 1 is 1.33 bits per heavy atom. The number of anilines is 1. The quantitative estimate of drug-likeness (QED) is 0.742. The fraction of sp³-hybridized carbons (Fsp3) is 0.583. The van der Waals surface area contributed by atoms with Gasteiger partial charge in [0.15, 0.2) is 0 Å². The van der Waals surface area contributed by atoms with Gasteiger partial charge >= 0.3 is 0 Å². The number of carbonyl (C=O) groups excluding carboxylic acids is 1. The van der Waals surface area contributed by atoms with Crippen molar-refractivity contribution < 1.29 is 4.79 Å². The molecule has 2 N–H and O–H groups in total. The standard InChI is InChI=1S/C12H21N5O/c1-4-5-13-11-8-10(15-9-16-11)12(18)14-6-7-17(2)3/h8-9H,4-7H2,1-3H3,(H,14,18)(H,13,15,16). The Kier molecular flexibility index (Phi) is 6.07. The van der Waals surface area contributed by atoms with E-state index in [0.717, 1.165) is 19.5 Å². The van der Waals surface area contributed by atoms with Gasteiger partial charge in [-0.15, -0.1) is 0 Å². The summed E-state index contributed by atoms with van der Waals surface area (Å²) >= 11 is 0. The van der Waals surface area contributed by atoms with E-state index in [0.29, 0.717) is 18.1 Å². The Bertz CT molecular complexity index is 380. The maximum Gasteiger partial charge on any atom is 0.270 e. The lowest BCUT2D eigenvalue weighted by molar-refractivity contribution is 0.0946. The van der Waals surface area contributed by atoms with Crippen molar-refractivity contribution in [2.75, 3.05) is 39.0 Å². The van der Waals surface area contributed by atoms with E-state index >= 15 is 0 Å². The summed E-state index contributed by atoms with van der Waals surface area (Å²) in [6.45, 7) is 4.31. The normalized spacial score (nSPS) is 10.4. The van der Waals surface area contributed by atoms with Crippen molar-refractivity contribution in [1.29, 1.82) is 0 Å². The third-order valence-corrected chi connectivity index (χ3v) is 2.30. The second-order valence-corrected chi connectivity index (χ2v) is 4.27. The molecule has 0 aliphatic carbocycles. The molecule has 0 saturated heterocycles. The van der Waals surface area contributed by atoms with Gasteiger partial charge in [0.25, 0.3) is 5.91 Å². The van der Waals surface area contributed by atoms with E-state index < -0.39 is 0 Å². The van der Waals surface area contributed by atoms with Gasteiger partial charge in [-0.2, -0.15) is 0 Å². The summed E-state index contributed by atoms with van der Waals surface area (Å²) in [6.07, 6.45) is 2.41. The van der Waals surface area contributed by atoms with Crippen molar-refractivity contribution >= 4 is 11.7 Å². The number of nitrogens with zero attached hydrogens (tertiary/aromatic N) is 3. The molecule has 1 aromatic heterocycles. The van der Waals surface area contributed by atoms with E-state index in [-0.39, 0.29) is 5.91 Å². The Balaban J connectivity index is 2.51. The van der Waals surface area contributed by atoms with Crippen LogP contribution in [0.4, 0.5) is 5.82 Å². The molecule has 0 bridgehead atoms. The van der Waals surface area contributed by atoms with Crippen molar-refractivity contribution in [3.63, 3.8) is 0 Å². The molecule has 6 heteroatoms. The van der Waals surface area contributed by atoms with Crippen molar-refractivity contribution in [3.8, 4) is 0 Å². The zero-order chi connectivity index (χ0) is 13.4. The molecule has 0 radical (unpaired) electrons. The van der Waals surface area contributed by atoms with Gasteiger partial charge in [-0.3, -0.25) is 4.79 Å². The summed E-state index contributed by atoms with van der Waals surface area (Å²) in [4.78, 5) is 21.8. The van der Waals surface area contributed by atoms with Crippen molar-refractivity contribution in [3.05, 3.63) is 18.1 Å². The molecule has 0 aliphatic rings. The summed E-state index contributed by atoms with van der Waals surface area (Å²) in [5.41, 5.74) is 0.391. The van der Waals surface area contributed by atoms with Gasteiger partial charge in [0.1, 0.15) is 17.8 Å². The lowest BCUT2D eigenvalue weighted by Gasteiger charge is -2.10. The largest absolute Gasteiger partial charge is 0.370 e. The lowest BCUT2D eigenvalue weighted by atomic mass is 10.3. The average Bonchev–Trinajstić information content (AvgIpc) is 2.36. The van der Waals surface area contributed by atoms with E-state index in [2.05, 4.69) is 27.5 Å². The first-order valence-electron chi connectivity index (χ1n) is 6.12. The number of likely N-dealkylation sites (N-methyl/N-ethyl adjacent to an activating group) is 1. The molecular formula is C12H21N5O. The number of hydrogen-bond acceptors (Lipinski definition) is 5. The molecule has 0 spiro atoms. The van der Waals surface area contributed by atoms with Crippen LogP contribution < -0.4 is 10.6 Å². The Morgan fingerprint density at radius 2 is 2.11 bits per heavy atom. The Hall–Kier alpha value is -1.69. The molecule has 0 unspecified atom stereocenters. The topological polar surface area (TPSA) is 70.2 Å². The predicted octanol–water partition coefficient (Wildman–Crippen LogP) is 0.590. The first-order valence-corrected chi connectivity index (χ1v) is 6.12. The summed E-state index contributed by atoms with van der Waals surface area (Å²) in [5.74, 6) is 0.517. The Labute approximate surface area is 108 Å². The number of carbonyl (C=O) groups is 1. The highest BCUT2D eigenvalue weighted by atomic mass is 16.1. The summed E-state index contributed by atoms with van der Waals surface area (Å²) in [5, 5.41) is 5.94. The van der Waals surface area contributed by atoms with Gasteiger partial charge in [0, 0.05) is 25.7 Å². The Morgan fingerprint density at radius 3 is 2.78 bits per heavy atom. The smallest absolute Gasteiger partial charge is 0.270 e. The van der Waals surface area contributed by atoms with Crippen LogP contribution in [0.1, 0.15) is 23.8 Å². The van der Waals surface area contributed by atoms with Crippen molar-refractivity contribution in [2.24, 2.45) is 0 Å². The zero-order valence-electron chi connectivity index (χ0n) is 11.2. The van der Waals surface area contributed by atoms with Crippen LogP contribution in [0, 0.1) is 0 Å². The first-order chi connectivity index (χ1) is 8.63. The molecule has 1 amide bonds. The summed E-state index contributed by atoms with van der Waals surface area (Å²) in [6, 6.07) is 1.67. The maximum atomic E-state index is 11.8. The van der Waals surface area contributed by atoms with E-state index in [9.17, 15) is 4.79 Å². The van der Waals surface area contributed by atoms with Gasteiger partial charge in [0.2, 0.25) is 0 Å². The van der Waals surface area contributed by atoms with Gasteiger partial charge in [-0.1, -0.05) is 6.92 Å². The monoisotopic (exact) mass is 251 g/mol. The number of rotatable bonds is 7. The third-order valence-electron chi connectivity index (χ3n) is 2.30. The number of aromatic nitrogens is 2. The maximum absolute atomic E-state index is 11.8. The minimum absolute atomic E-state index is 0.168. The molecule has 1 aromatic rings. The average molecular weight is 251 g/mol. The molecule has 1 rings (SSSR count). The van der Waals surface area contributed by atoms with Gasteiger partial charge < -0.3 is 15.5 Å². The first kappa shape index (κ1) is 14.4. The highest BCUT2D eigenvalue weighted by Crippen LogP contribution is 2.03. The molecule has 6 nitrogen and oxygen atoms in total. The molecular weight excluding hydrogens is 230 g/mol. The van der Waals surface area contributed by atoms with Gasteiger partial charge in [-0.25, -0.2) is 9.97 Å². The van der Waals surface area contributed by atoms with Crippen molar-refractivity contribution in [1.82, 2.24) is 20.2 Å². The van der Waals surface area contributed by atoms with Crippen LogP contribution in [0.2, 0.25) is 0 Å². The number of hydrogen-bond donors (Lipinski definition) is 2. The summed E-state index contributed by atoms with van der Waals surface area (Å²) in [7, 11) is 3.92. The third kappa shape index (κ3) is 5.09. The summed E-state index contributed by atoms with van der Waals surface area (Å²) < 4.78 is 0. The SMILES string of the molecule is CCCNc1cc(C(=O)NCCN(C)C)ncn1. The fourth-order valence-electron chi connectivity index (χ4n) is 1.31. The van der Waals surface area contributed by atoms with Crippen LogP contribution in [-0.2, 0) is 0 Å². The molecule has 100 valence electrons.